The highest BCUT2D eigenvalue weighted by Crippen LogP contribution is 2.27. The van der Waals surface area contributed by atoms with Crippen molar-refractivity contribution in [3.05, 3.63) is 63.6 Å². The monoisotopic (exact) mass is 506 g/mol. The number of thiophene rings is 1. The van der Waals surface area contributed by atoms with E-state index in [9.17, 15) is 9.59 Å². The molecule has 0 bridgehead atoms. The number of hydrogen-bond acceptors (Lipinski definition) is 9. The Morgan fingerprint density at radius 1 is 1.09 bits per heavy atom. The molecule has 1 aliphatic heterocycles. The van der Waals surface area contributed by atoms with Crippen molar-refractivity contribution in [2.75, 3.05) is 5.32 Å². The number of nitrogens with one attached hydrogen (secondary N) is 3. The zero-order valence-corrected chi connectivity index (χ0v) is 20.9. The van der Waals surface area contributed by atoms with E-state index in [1.165, 1.54) is 0 Å². The summed E-state index contributed by atoms with van der Waals surface area (Å²) in [5.41, 5.74) is 3.83. The highest BCUT2D eigenvalue weighted by Gasteiger charge is 2.26. The number of carbonyl (C=O) groups is 2. The van der Waals surface area contributed by atoms with Gasteiger partial charge in [0.2, 0.25) is 5.95 Å². The third kappa shape index (κ3) is 5.95. The zero-order valence-electron chi connectivity index (χ0n) is 19.2. The molecule has 4 heterocycles. The van der Waals surface area contributed by atoms with Gasteiger partial charge in [-0.2, -0.15) is 11.3 Å². The van der Waals surface area contributed by atoms with Crippen LogP contribution in [0.4, 0.5) is 10.7 Å². The number of imide groups is 1. The van der Waals surface area contributed by atoms with Crippen LogP contribution in [-0.2, 0) is 4.79 Å². The van der Waals surface area contributed by atoms with Gasteiger partial charge in [0.15, 0.2) is 0 Å². The largest absolute Gasteiger partial charge is 0.351 e. The summed E-state index contributed by atoms with van der Waals surface area (Å²) in [7, 11) is 0. The number of hydrogen-bond donors (Lipinski definition) is 3. The molecule has 8 nitrogen and oxygen atoms in total. The summed E-state index contributed by atoms with van der Waals surface area (Å²) >= 11 is 2.57. The van der Waals surface area contributed by atoms with E-state index in [0.717, 1.165) is 54.4 Å². The van der Waals surface area contributed by atoms with Crippen LogP contribution in [0.2, 0.25) is 0 Å². The Kier molecular flexibility index (Phi) is 7.21. The Labute approximate surface area is 212 Å². The summed E-state index contributed by atoms with van der Waals surface area (Å²) in [6.07, 6.45) is 7.39. The summed E-state index contributed by atoms with van der Waals surface area (Å²) in [5, 5.41) is 13.3. The van der Waals surface area contributed by atoms with Gasteiger partial charge in [0.1, 0.15) is 0 Å². The maximum absolute atomic E-state index is 11.8. The van der Waals surface area contributed by atoms with Gasteiger partial charge in [0, 0.05) is 35.3 Å². The molecule has 1 aliphatic carbocycles. The second-order valence-electron chi connectivity index (χ2n) is 8.70. The van der Waals surface area contributed by atoms with E-state index in [0.29, 0.717) is 22.6 Å². The van der Waals surface area contributed by atoms with Crippen LogP contribution >= 0.6 is 23.1 Å². The van der Waals surface area contributed by atoms with E-state index < -0.39 is 0 Å². The standard InChI is InChI=1S/C25H26N6O2S2/c1-15(20-3-2-4-21(30-20)16-10-12-34-14-16)27-17-5-7-18(8-6-17)28-24-26-11-9-19(29-24)13-22-23(32)31-25(33)35-22/h2-4,9-15,17-18,27H,5-8H2,1H3,(H,26,28,29)(H,31,32,33)/t15?,17-,18-. The number of nitrogens with zero attached hydrogens (tertiary/aromatic N) is 3. The maximum Gasteiger partial charge on any atom is 0.290 e. The Morgan fingerprint density at radius 2 is 1.91 bits per heavy atom. The molecule has 2 fully saturated rings. The number of rotatable bonds is 7. The topological polar surface area (TPSA) is 109 Å². The van der Waals surface area contributed by atoms with Gasteiger partial charge in [-0.1, -0.05) is 6.07 Å². The number of anilines is 1. The fraction of sp³-hybridized carbons (Fsp3) is 0.320. The van der Waals surface area contributed by atoms with Crippen LogP contribution in [-0.4, -0.2) is 38.2 Å². The van der Waals surface area contributed by atoms with Crippen LogP contribution in [0.25, 0.3) is 17.3 Å². The lowest BCUT2D eigenvalue weighted by Gasteiger charge is -2.31. The first-order valence-corrected chi connectivity index (χ1v) is 13.4. The summed E-state index contributed by atoms with van der Waals surface area (Å²) in [6, 6.07) is 10.9. The van der Waals surface area contributed by atoms with E-state index in [1.807, 2.05) is 0 Å². The third-order valence-electron chi connectivity index (χ3n) is 6.18. The molecule has 2 amide bonds. The first-order chi connectivity index (χ1) is 17.0. The minimum Gasteiger partial charge on any atom is -0.351 e. The fourth-order valence-corrected chi connectivity index (χ4v) is 5.68. The lowest BCUT2D eigenvalue weighted by Crippen LogP contribution is -2.38. The summed E-state index contributed by atoms with van der Waals surface area (Å²) in [5.74, 6) is 0.148. The van der Waals surface area contributed by atoms with E-state index in [4.69, 9.17) is 4.98 Å². The van der Waals surface area contributed by atoms with Crippen molar-refractivity contribution in [2.45, 2.75) is 50.7 Å². The maximum atomic E-state index is 11.8. The highest BCUT2D eigenvalue weighted by molar-refractivity contribution is 8.18. The molecule has 1 saturated carbocycles. The minimum atomic E-state index is -0.387. The van der Waals surface area contributed by atoms with Crippen LogP contribution in [0.5, 0.6) is 0 Å². The first-order valence-electron chi connectivity index (χ1n) is 11.6. The van der Waals surface area contributed by atoms with E-state index in [2.05, 4.69) is 67.9 Å². The molecule has 0 radical (unpaired) electrons. The SMILES string of the molecule is CC(N[C@H]1CC[C@H](Nc2nccc(C=C3SC(=O)NC3=O)n2)CC1)c1cccc(-c2ccsc2)n1. The van der Waals surface area contributed by atoms with Crippen molar-refractivity contribution in [1.82, 2.24) is 25.6 Å². The Hall–Kier alpha value is -3.08. The molecule has 1 saturated heterocycles. The Bertz CT molecular complexity index is 1240. The summed E-state index contributed by atoms with van der Waals surface area (Å²) in [4.78, 5) is 37.2. The number of amides is 2. The Balaban J connectivity index is 1.14. The lowest BCUT2D eigenvalue weighted by molar-refractivity contribution is -0.115. The lowest BCUT2D eigenvalue weighted by atomic mass is 9.90. The molecule has 0 spiro atoms. The zero-order chi connectivity index (χ0) is 24.2. The van der Waals surface area contributed by atoms with E-state index in [-0.39, 0.29) is 23.2 Å². The predicted molar refractivity (Wildman–Crippen MR) is 140 cm³/mol. The van der Waals surface area contributed by atoms with Crippen molar-refractivity contribution in [3.63, 3.8) is 0 Å². The molecular weight excluding hydrogens is 480 g/mol. The Morgan fingerprint density at radius 3 is 2.66 bits per heavy atom. The van der Waals surface area contributed by atoms with Crippen LogP contribution in [0.1, 0.15) is 50.0 Å². The molecule has 2 aliphatic rings. The summed E-state index contributed by atoms with van der Waals surface area (Å²) in [6.45, 7) is 2.17. The summed E-state index contributed by atoms with van der Waals surface area (Å²) < 4.78 is 0. The van der Waals surface area contributed by atoms with Gasteiger partial charge < -0.3 is 10.6 Å². The van der Waals surface area contributed by atoms with Gasteiger partial charge in [-0.3, -0.25) is 19.9 Å². The molecule has 1 atom stereocenters. The molecule has 0 aromatic carbocycles. The first kappa shape index (κ1) is 23.7. The molecule has 35 heavy (non-hydrogen) atoms. The second-order valence-corrected chi connectivity index (χ2v) is 10.5. The van der Waals surface area contributed by atoms with Crippen molar-refractivity contribution in [2.24, 2.45) is 0 Å². The fourth-order valence-electron chi connectivity index (χ4n) is 4.37. The molecule has 5 rings (SSSR count). The smallest absolute Gasteiger partial charge is 0.290 e. The van der Waals surface area contributed by atoms with Crippen LogP contribution in [0.3, 0.4) is 0 Å². The molecule has 3 N–H and O–H groups in total. The molecule has 1 unspecified atom stereocenters. The van der Waals surface area contributed by atoms with E-state index >= 15 is 0 Å². The van der Waals surface area contributed by atoms with Gasteiger partial charge in [-0.25, -0.2) is 9.97 Å². The molecule has 3 aromatic heterocycles. The second kappa shape index (κ2) is 10.7. The molecule has 10 heteroatoms. The third-order valence-corrected chi connectivity index (χ3v) is 7.67. The molecular formula is C25H26N6O2S2. The average molecular weight is 507 g/mol. The van der Waals surface area contributed by atoms with Crippen molar-refractivity contribution in [3.8, 4) is 11.3 Å². The van der Waals surface area contributed by atoms with Gasteiger partial charge in [0.25, 0.3) is 11.1 Å². The van der Waals surface area contributed by atoms with E-state index in [1.54, 1.807) is 29.7 Å². The minimum absolute atomic E-state index is 0.175. The quantitative estimate of drug-likeness (QED) is 0.384. The van der Waals surface area contributed by atoms with Gasteiger partial charge in [-0.05, 0) is 80.1 Å². The number of aromatic nitrogens is 3. The average Bonchev–Trinajstić information content (AvgIpc) is 3.50. The van der Waals surface area contributed by atoms with Gasteiger partial charge >= 0.3 is 0 Å². The number of thioether (sulfide) groups is 1. The molecule has 180 valence electrons. The van der Waals surface area contributed by atoms with Crippen LogP contribution in [0, 0.1) is 0 Å². The van der Waals surface area contributed by atoms with Crippen molar-refractivity contribution < 1.29 is 9.59 Å². The van der Waals surface area contributed by atoms with Gasteiger partial charge in [-0.15, -0.1) is 0 Å². The molecule has 3 aromatic rings. The highest BCUT2D eigenvalue weighted by atomic mass is 32.2. The predicted octanol–water partition coefficient (Wildman–Crippen LogP) is 5.00. The van der Waals surface area contributed by atoms with Crippen molar-refractivity contribution in [1.29, 1.82) is 0 Å². The van der Waals surface area contributed by atoms with Gasteiger partial charge in [0.05, 0.1) is 22.0 Å². The number of pyridine rings is 1. The normalized spacial score (nSPS) is 22.3. The van der Waals surface area contributed by atoms with Crippen molar-refractivity contribution >= 4 is 46.3 Å². The van der Waals surface area contributed by atoms with Crippen LogP contribution < -0.4 is 16.0 Å². The van der Waals surface area contributed by atoms with Crippen LogP contribution in [0.15, 0.2) is 52.2 Å². The number of carbonyl (C=O) groups excluding carboxylic acids is 2.